The number of benzene rings is 1. The van der Waals surface area contributed by atoms with Crippen LogP contribution < -0.4 is 10.6 Å². The van der Waals surface area contributed by atoms with Crippen LogP contribution in [0.4, 0.5) is 10.1 Å². The zero-order valence-electron chi connectivity index (χ0n) is 11.5. The van der Waals surface area contributed by atoms with Crippen LogP contribution in [0.15, 0.2) is 35.7 Å². The predicted molar refractivity (Wildman–Crippen MR) is 81.0 cm³/mol. The van der Waals surface area contributed by atoms with Crippen LogP contribution in [0.3, 0.4) is 0 Å². The van der Waals surface area contributed by atoms with Crippen molar-refractivity contribution in [2.24, 2.45) is 0 Å². The van der Waals surface area contributed by atoms with Gasteiger partial charge in [-0.25, -0.2) is 4.39 Å². The van der Waals surface area contributed by atoms with Gasteiger partial charge in [0.1, 0.15) is 5.82 Å². The van der Waals surface area contributed by atoms with Crippen LogP contribution in [0.2, 0.25) is 0 Å². The number of halogens is 1. The van der Waals surface area contributed by atoms with Crippen LogP contribution >= 0.6 is 11.3 Å². The molecule has 2 N–H and O–H groups in total. The molecule has 0 aliphatic rings. The summed E-state index contributed by atoms with van der Waals surface area (Å²) in [5.74, 6) is -1.02. The second-order valence-corrected chi connectivity index (χ2v) is 5.46. The molecule has 1 aromatic heterocycles. The van der Waals surface area contributed by atoms with Crippen LogP contribution in [0.1, 0.15) is 21.7 Å². The van der Waals surface area contributed by atoms with E-state index in [0.717, 1.165) is 5.56 Å². The lowest BCUT2D eigenvalue weighted by Crippen LogP contribution is -2.27. The van der Waals surface area contributed by atoms with Crippen molar-refractivity contribution in [1.29, 1.82) is 0 Å². The third kappa shape index (κ3) is 4.39. The maximum Gasteiger partial charge on any atom is 0.261 e. The van der Waals surface area contributed by atoms with E-state index in [-0.39, 0.29) is 30.5 Å². The van der Waals surface area contributed by atoms with Crippen molar-refractivity contribution in [3.8, 4) is 0 Å². The Morgan fingerprint density at radius 1 is 1.29 bits per heavy atom. The summed E-state index contributed by atoms with van der Waals surface area (Å²) in [6, 6.07) is 8.09. The Bertz CT molecular complexity index is 641. The van der Waals surface area contributed by atoms with Gasteiger partial charge in [0, 0.05) is 13.0 Å². The number of hydrogen-bond acceptors (Lipinski definition) is 3. The third-order valence-corrected chi connectivity index (χ3v) is 3.65. The maximum absolute atomic E-state index is 13.6. The zero-order chi connectivity index (χ0) is 15.2. The number of rotatable bonds is 5. The van der Waals surface area contributed by atoms with Gasteiger partial charge in [-0.2, -0.15) is 0 Å². The fraction of sp³-hybridized carbons (Fsp3) is 0.200. The van der Waals surface area contributed by atoms with Crippen LogP contribution in [-0.2, 0) is 4.79 Å². The molecule has 2 rings (SSSR count). The lowest BCUT2D eigenvalue weighted by atomic mass is 10.2. The standard InChI is InChI=1S/C15H15FN2O2S/c1-10-4-5-12(11(16)9-10)18-14(19)6-7-17-15(20)13-3-2-8-21-13/h2-5,8-9H,6-7H2,1H3,(H,17,20)(H,18,19). The highest BCUT2D eigenvalue weighted by Gasteiger charge is 2.09. The monoisotopic (exact) mass is 306 g/mol. The van der Waals surface area contributed by atoms with E-state index in [0.29, 0.717) is 4.88 Å². The molecular formula is C15H15FN2O2S. The van der Waals surface area contributed by atoms with Gasteiger partial charge in [-0.1, -0.05) is 12.1 Å². The highest BCUT2D eigenvalue weighted by atomic mass is 32.1. The van der Waals surface area contributed by atoms with E-state index in [2.05, 4.69) is 10.6 Å². The zero-order valence-corrected chi connectivity index (χ0v) is 12.3. The fourth-order valence-electron chi connectivity index (χ4n) is 1.72. The quantitative estimate of drug-likeness (QED) is 0.892. The molecule has 21 heavy (non-hydrogen) atoms. The smallest absolute Gasteiger partial charge is 0.261 e. The first-order chi connectivity index (χ1) is 10.1. The van der Waals surface area contributed by atoms with Crippen molar-refractivity contribution >= 4 is 28.8 Å². The molecule has 0 spiro atoms. The molecule has 0 atom stereocenters. The van der Waals surface area contributed by atoms with Crippen molar-refractivity contribution in [3.63, 3.8) is 0 Å². The van der Waals surface area contributed by atoms with Crippen LogP contribution in [0, 0.1) is 12.7 Å². The van der Waals surface area contributed by atoms with E-state index in [9.17, 15) is 14.0 Å². The Labute approximate surface area is 126 Å². The predicted octanol–water partition coefficient (Wildman–Crippen LogP) is 2.95. The second kappa shape index (κ2) is 6.99. The molecule has 0 saturated heterocycles. The van der Waals surface area contributed by atoms with E-state index in [4.69, 9.17) is 0 Å². The number of nitrogens with one attached hydrogen (secondary N) is 2. The molecule has 0 saturated carbocycles. The van der Waals surface area contributed by atoms with E-state index < -0.39 is 5.82 Å². The fourth-order valence-corrected chi connectivity index (χ4v) is 2.36. The minimum atomic E-state index is -0.467. The normalized spacial score (nSPS) is 10.2. The van der Waals surface area contributed by atoms with E-state index >= 15 is 0 Å². The lowest BCUT2D eigenvalue weighted by Gasteiger charge is -2.07. The first-order valence-corrected chi connectivity index (χ1v) is 7.32. The van der Waals surface area contributed by atoms with Crippen molar-refractivity contribution in [2.75, 3.05) is 11.9 Å². The summed E-state index contributed by atoms with van der Waals surface area (Å²) in [7, 11) is 0. The minimum Gasteiger partial charge on any atom is -0.351 e. The molecule has 2 aromatic rings. The number of anilines is 1. The van der Waals surface area contributed by atoms with Gasteiger partial charge in [0.2, 0.25) is 5.91 Å². The van der Waals surface area contributed by atoms with Gasteiger partial charge in [-0.15, -0.1) is 11.3 Å². The Balaban J connectivity index is 1.78. The topological polar surface area (TPSA) is 58.2 Å². The molecule has 0 aliphatic carbocycles. The van der Waals surface area contributed by atoms with E-state index in [1.165, 1.54) is 23.5 Å². The third-order valence-electron chi connectivity index (χ3n) is 2.78. The van der Waals surface area contributed by atoms with Gasteiger partial charge in [0.05, 0.1) is 10.6 Å². The molecule has 6 heteroatoms. The summed E-state index contributed by atoms with van der Waals surface area (Å²) in [5, 5.41) is 6.93. The maximum atomic E-state index is 13.6. The van der Waals surface area contributed by atoms with Crippen LogP contribution in [-0.4, -0.2) is 18.4 Å². The highest BCUT2D eigenvalue weighted by Crippen LogP contribution is 2.15. The molecule has 1 heterocycles. The average molecular weight is 306 g/mol. The molecule has 0 unspecified atom stereocenters. The Morgan fingerprint density at radius 2 is 2.10 bits per heavy atom. The number of hydrogen-bond donors (Lipinski definition) is 2. The van der Waals surface area contributed by atoms with Gasteiger partial charge in [-0.05, 0) is 36.1 Å². The molecule has 1 aromatic carbocycles. The van der Waals surface area contributed by atoms with Gasteiger partial charge >= 0.3 is 0 Å². The highest BCUT2D eigenvalue weighted by molar-refractivity contribution is 7.12. The summed E-state index contributed by atoms with van der Waals surface area (Å²) >= 11 is 1.33. The molecule has 0 bridgehead atoms. The number of carbonyl (C=O) groups excluding carboxylic acids is 2. The van der Waals surface area contributed by atoms with Crippen molar-refractivity contribution < 1.29 is 14.0 Å². The van der Waals surface area contributed by atoms with Crippen LogP contribution in [0.25, 0.3) is 0 Å². The Morgan fingerprint density at radius 3 is 2.76 bits per heavy atom. The molecule has 110 valence electrons. The van der Waals surface area contributed by atoms with Crippen LogP contribution in [0.5, 0.6) is 0 Å². The SMILES string of the molecule is Cc1ccc(NC(=O)CCNC(=O)c2cccs2)c(F)c1. The molecular weight excluding hydrogens is 291 g/mol. The summed E-state index contributed by atoms with van der Waals surface area (Å²) in [4.78, 5) is 23.9. The van der Waals surface area contributed by atoms with Gasteiger partial charge in [-0.3, -0.25) is 9.59 Å². The summed E-state index contributed by atoms with van der Waals surface area (Å²) < 4.78 is 13.6. The average Bonchev–Trinajstić information content (AvgIpc) is 2.96. The van der Waals surface area contributed by atoms with Gasteiger partial charge in [0.25, 0.3) is 5.91 Å². The van der Waals surface area contributed by atoms with Crippen molar-refractivity contribution in [3.05, 3.63) is 52.0 Å². The number of aryl methyl sites for hydroxylation is 1. The molecule has 4 nitrogen and oxygen atoms in total. The van der Waals surface area contributed by atoms with Gasteiger partial charge < -0.3 is 10.6 Å². The summed E-state index contributed by atoms with van der Waals surface area (Å²) in [5.41, 5.74) is 0.934. The number of thiophene rings is 1. The number of amides is 2. The lowest BCUT2D eigenvalue weighted by molar-refractivity contribution is -0.116. The van der Waals surface area contributed by atoms with Crippen molar-refractivity contribution in [2.45, 2.75) is 13.3 Å². The molecule has 0 aliphatic heterocycles. The van der Waals surface area contributed by atoms with E-state index in [1.807, 2.05) is 5.38 Å². The van der Waals surface area contributed by atoms with Gasteiger partial charge in [0.15, 0.2) is 0 Å². The summed E-state index contributed by atoms with van der Waals surface area (Å²) in [6.07, 6.45) is 0.0877. The minimum absolute atomic E-state index is 0.0877. The largest absolute Gasteiger partial charge is 0.351 e. The first-order valence-electron chi connectivity index (χ1n) is 6.44. The van der Waals surface area contributed by atoms with E-state index in [1.54, 1.807) is 25.1 Å². The Hall–Kier alpha value is -2.21. The molecule has 0 fully saturated rings. The first kappa shape index (κ1) is 15.2. The number of carbonyl (C=O) groups is 2. The second-order valence-electron chi connectivity index (χ2n) is 4.51. The Kier molecular flexibility index (Phi) is 5.05. The van der Waals surface area contributed by atoms with Crippen molar-refractivity contribution in [1.82, 2.24) is 5.32 Å². The molecule has 0 radical (unpaired) electrons. The molecule has 2 amide bonds. The summed E-state index contributed by atoms with van der Waals surface area (Å²) in [6.45, 7) is 1.98.